The fourth-order valence-electron chi connectivity index (χ4n) is 19.9. The maximum atomic E-state index is 6.48. The van der Waals surface area contributed by atoms with E-state index in [9.17, 15) is 0 Å². The first-order valence-electron chi connectivity index (χ1n) is 34.9. The molecule has 0 amide bonds. The average molecular weight is 1410 g/mol. The molecule has 27 aliphatic heterocycles. The quantitative estimate of drug-likeness (QED) is 0.106. The number of hydrogen-bond donors (Lipinski definition) is 0. The van der Waals surface area contributed by atoms with Crippen LogP contribution in [0.1, 0.15) is 110 Å². The summed E-state index contributed by atoms with van der Waals surface area (Å²) in [7, 11) is 19.7. The molecule has 0 saturated heterocycles. The van der Waals surface area contributed by atoms with Crippen LogP contribution in [-0.2, 0) is 32.5 Å². The minimum Gasteiger partial charge on any atom is -0.493 e. The Morgan fingerprint density at radius 1 is 0.221 bits per heavy atom. The summed E-state index contributed by atoms with van der Waals surface area (Å²) in [6.07, 6.45) is 10.1. The van der Waals surface area contributed by atoms with E-state index in [0.717, 1.165) is 110 Å². The first-order chi connectivity index (χ1) is 50.7. The lowest BCUT2D eigenvalue weighted by molar-refractivity contribution is -0.0499. The summed E-state index contributed by atoms with van der Waals surface area (Å²) in [4.78, 5) is 0. The zero-order valence-electron chi connectivity index (χ0n) is 61.2. The number of hydrogen-bond acceptors (Lipinski definition) is 18. The second-order valence-electron chi connectivity index (χ2n) is 28.5. The summed E-state index contributed by atoms with van der Waals surface area (Å²) in [6, 6.07) is 25.3. The highest BCUT2D eigenvalue weighted by Gasteiger charge is 2.67. The van der Waals surface area contributed by atoms with E-state index in [1.807, 2.05) is 0 Å². The first-order valence-corrected chi connectivity index (χ1v) is 34.9. The van der Waals surface area contributed by atoms with Gasteiger partial charge in [-0.2, -0.15) is 0 Å². The molecule has 35 aliphatic rings. The largest absolute Gasteiger partial charge is 0.493 e. The highest BCUT2D eigenvalue weighted by Crippen LogP contribution is 2.74. The first kappa shape index (κ1) is 70.1. The lowest BCUT2D eigenvalue weighted by Gasteiger charge is -2.67. The molecule has 0 radical (unpaired) electrons. The summed E-state index contributed by atoms with van der Waals surface area (Å²) >= 11 is 0. The Bertz CT molecular complexity index is 3830. The van der Waals surface area contributed by atoms with E-state index >= 15 is 0 Å². The van der Waals surface area contributed by atoms with Crippen molar-refractivity contribution >= 4 is 0 Å². The van der Waals surface area contributed by atoms with Crippen LogP contribution in [-0.4, -0.2) is 125 Å². The third-order valence-electron chi connectivity index (χ3n) is 23.0. The van der Waals surface area contributed by atoms with E-state index < -0.39 is 32.5 Å². The molecule has 0 unspecified atom stereocenters. The SMILES string of the molecule is COc1cc2cc(OC)c1OCC#CC#CCOc1c(OC)cc(cc1OC)C13CC4CC5(C1)CC(C4)(C3)c1cc(OC)c(c(OC)c1)OCC#CC#CCOc1c(OC)cc(cc1OC)C13CC4CC2(CC(C4)(C1)c1cc(OC)c(c(OC)c1)OCC#CC#CCOc1c(OC)cc5cc1OC)C3. The minimum absolute atomic E-state index is 0.00888. The Hall–Kier alpha value is -10.9. The third kappa shape index (κ3) is 12.4. The molecule has 104 heavy (non-hydrogen) atoms. The standard InChI is InChI=1S/C86H86O18/c1-87-63-31-57-32-64(88-2)75(63)99-25-19-13-14-20-26-100-78-69(93-7)37-60(38-70(78)94-8)84-46-56-47-85(52-84)54-86(48-56,53-84)62-41-73(97-11)80(74(42-62)98-12)104-30-24-18-16-22-28-102-77-67(91-5)35-59(36-68(77)92-6)83-45-55-43-81(57,50-83)49-82(44-55,51-83)58-33-65(89-3)76(66(34-58)90-4)101-27-21-15-17-23-29-103-79-71(95-9)39-61(85)40-72(79)96-10/h31-42,55-56H,25-30,43-54H2,1-12H3. The van der Waals surface area contributed by atoms with Crippen molar-refractivity contribution in [2.24, 2.45) is 11.8 Å². The van der Waals surface area contributed by atoms with Crippen LogP contribution >= 0.6 is 0 Å². The number of rotatable bonds is 12. The molecule has 6 aromatic rings. The average Bonchev–Trinajstić information content (AvgIpc) is 0.686. The molecule has 0 atom stereocenters. The summed E-state index contributed by atoms with van der Waals surface area (Å²) in [5.41, 5.74) is 3.75. The zero-order valence-corrected chi connectivity index (χ0v) is 61.2. The van der Waals surface area contributed by atoms with Gasteiger partial charge in [-0.25, -0.2) is 0 Å². The van der Waals surface area contributed by atoms with E-state index in [1.54, 1.807) is 85.3 Å². The van der Waals surface area contributed by atoms with Gasteiger partial charge < -0.3 is 85.3 Å². The molecule has 8 fully saturated rings. The normalized spacial score (nSPS) is 25.5. The second kappa shape index (κ2) is 28.7. The highest BCUT2D eigenvalue weighted by molar-refractivity contribution is 5.65. The topological polar surface area (TPSA) is 166 Å². The van der Waals surface area contributed by atoms with Crippen LogP contribution in [0.3, 0.4) is 0 Å². The van der Waals surface area contributed by atoms with Gasteiger partial charge in [0.15, 0.2) is 69.0 Å². The molecule has 18 nitrogen and oxygen atoms in total. The number of benzene rings is 6. The van der Waals surface area contributed by atoms with Crippen molar-refractivity contribution in [2.75, 3.05) is 125 Å². The maximum absolute atomic E-state index is 6.48. The van der Waals surface area contributed by atoms with E-state index in [4.69, 9.17) is 85.3 Å². The van der Waals surface area contributed by atoms with Crippen LogP contribution in [0.15, 0.2) is 72.8 Å². The number of methoxy groups -OCH3 is 12. The van der Waals surface area contributed by atoms with Crippen molar-refractivity contribution in [3.8, 4) is 175 Å². The van der Waals surface area contributed by atoms with E-state index in [1.165, 1.54) is 0 Å². The van der Waals surface area contributed by atoms with Gasteiger partial charge in [0.25, 0.3) is 0 Å². The zero-order chi connectivity index (χ0) is 72.4. The van der Waals surface area contributed by atoms with Gasteiger partial charge in [0, 0.05) is 0 Å². The van der Waals surface area contributed by atoms with Crippen LogP contribution < -0.4 is 85.3 Å². The second-order valence-corrected chi connectivity index (χ2v) is 28.5. The van der Waals surface area contributed by atoms with Crippen LogP contribution in [0, 0.1) is 82.9 Å². The Labute approximate surface area is 609 Å². The summed E-state index contributed by atoms with van der Waals surface area (Å²) in [5.74, 6) is 45.5. The predicted octanol–water partition coefficient (Wildman–Crippen LogP) is 13.0. The highest BCUT2D eigenvalue weighted by atomic mass is 16.6. The molecule has 6 spiro atoms. The number of ether oxygens (including phenoxy) is 18. The van der Waals surface area contributed by atoms with E-state index in [-0.39, 0.29) is 51.5 Å². The van der Waals surface area contributed by atoms with Gasteiger partial charge >= 0.3 is 0 Å². The molecule has 8 aliphatic carbocycles. The molecular formula is C86H86O18. The Kier molecular flexibility index (Phi) is 19.4. The van der Waals surface area contributed by atoms with Gasteiger partial charge in [0.2, 0.25) is 34.5 Å². The molecule has 18 heteroatoms. The lowest BCUT2D eigenvalue weighted by Crippen LogP contribution is -2.62. The maximum Gasteiger partial charge on any atom is 0.204 e. The van der Waals surface area contributed by atoms with Gasteiger partial charge in [-0.3, -0.25) is 0 Å². The van der Waals surface area contributed by atoms with Crippen molar-refractivity contribution < 1.29 is 85.3 Å². The monoisotopic (exact) mass is 1410 g/mol. The van der Waals surface area contributed by atoms with Crippen LogP contribution in [0.5, 0.6) is 103 Å². The van der Waals surface area contributed by atoms with Crippen LogP contribution in [0.2, 0.25) is 0 Å². The van der Waals surface area contributed by atoms with Gasteiger partial charge in [-0.05, 0) is 299 Å². The molecular weight excluding hydrogens is 1320 g/mol. The Morgan fingerprint density at radius 3 is 0.462 bits per heavy atom. The summed E-state index contributed by atoms with van der Waals surface area (Å²) in [5, 5.41) is 0. The van der Waals surface area contributed by atoms with E-state index in [0.29, 0.717) is 103 Å². The van der Waals surface area contributed by atoms with Crippen molar-refractivity contribution in [1.82, 2.24) is 0 Å². The van der Waals surface area contributed by atoms with Gasteiger partial charge in [0.05, 0.1) is 85.3 Å². The van der Waals surface area contributed by atoms with Crippen LogP contribution in [0.4, 0.5) is 0 Å². The van der Waals surface area contributed by atoms with E-state index in [2.05, 4.69) is 144 Å². The Balaban J connectivity index is 0.941. The van der Waals surface area contributed by atoms with Gasteiger partial charge in [-0.1, -0.05) is 0 Å². The van der Waals surface area contributed by atoms with Gasteiger partial charge in [-0.15, -0.1) is 0 Å². The molecule has 20 bridgehead atoms. The molecule has 0 aromatic heterocycles. The van der Waals surface area contributed by atoms with Crippen molar-refractivity contribution in [2.45, 2.75) is 110 Å². The molecule has 8 saturated carbocycles. The van der Waals surface area contributed by atoms with Crippen molar-refractivity contribution in [3.05, 3.63) is 106 Å². The minimum atomic E-state index is -0.435. The molecule has 6 aromatic carbocycles. The van der Waals surface area contributed by atoms with Crippen molar-refractivity contribution in [1.29, 1.82) is 0 Å². The van der Waals surface area contributed by atoms with Crippen molar-refractivity contribution in [3.63, 3.8) is 0 Å². The van der Waals surface area contributed by atoms with Gasteiger partial charge in [0.1, 0.15) is 39.6 Å². The smallest absolute Gasteiger partial charge is 0.204 e. The Morgan fingerprint density at radius 2 is 0.346 bits per heavy atom. The fraction of sp³-hybridized carbons (Fsp3) is 0.442. The fourth-order valence-corrected chi connectivity index (χ4v) is 19.9. The summed E-state index contributed by atoms with van der Waals surface area (Å²) < 4.78 is 114. The third-order valence-corrected chi connectivity index (χ3v) is 23.0. The molecule has 41 rings (SSSR count). The molecule has 0 N–H and O–H groups in total. The predicted molar refractivity (Wildman–Crippen MR) is 389 cm³/mol. The summed E-state index contributed by atoms with van der Waals surface area (Å²) in [6.45, 7) is -0.0533. The van der Waals surface area contributed by atoms with Crippen LogP contribution in [0.25, 0.3) is 0 Å². The lowest BCUT2D eigenvalue weighted by atomic mass is 9.36. The molecule has 538 valence electrons. The molecule has 27 heterocycles.